The van der Waals surface area contributed by atoms with Crippen molar-refractivity contribution in [2.24, 2.45) is 0 Å². The van der Waals surface area contributed by atoms with Crippen molar-refractivity contribution in [3.05, 3.63) is 59.9 Å². The zero-order valence-electron chi connectivity index (χ0n) is 27.5. The van der Waals surface area contributed by atoms with Crippen molar-refractivity contribution in [2.45, 2.75) is 45.9 Å². The first-order valence-corrected chi connectivity index (χ1v) is 15.6. The monoisotopic (exact) mass is 634 g/mol. The highest BCUT2D eigenvalue weighted by Crippen LogP contribution is 2.29. The van der Waals surface area contributed by atoms with Crippen molar-refractivity contribution < 1.29 is 28.5 Å². The number of nitrogen functional groups attached to an aromatic ring is 1. The molecule has 0 aliphatic carbocycles. The van der Waals surface area contributed by atoms with E-state index in [4.69, 9.17) is 29.7 Å². The van der Waals surface area contributed by atoms with Crippen LogP contribution in [0.25, 0.3) is 21.9 Å². The molecule has 1 amide bonds. The van der Waals surface area contributed by atoms with Crippen LogP contribution in [0, 0.1) is 0 Å². The second-order valence-electron chi connectivity index (χ2n) is 11.5. The molecule has 4 rings (SSSR count). The molecule has 248 valence electrons. The molecule has 0 radical (unpaired) electrons. The number of hydrogen-bond acceptors (Lipinski definition) is 10. The van der Waals surface area contributed by atoms with E-state index in [9.17, 15) is 9.59 Å². The first kappa shape index (κ1) is 34.6. The number of ether oxygens (including phenoxy) is 4. The zero-order chi connectivity index (χ0) is 33.1. The molecule has 0 saturated carbocycles. The Labute approximate surface area is 270 Å². The number of nitrogens with zero attached hydrogens (tertiary/aromatic N) is 5. The molecule has 0 aliphatic heterocycles. The lowest BCUT2D eigenvalue weighted by molar-refractivity contribution is -0.149. The number of rotatable bonds is 18. The van der Waals surface area contributed by atoms with Crippen LogP contribution in [-0.2, 0) is 43.3 Å². The standard InChI is InChI=1S/C34H46N6O6/c1-24(2)46-31(42)23-45-26-11-8-10-25(20-26)21-39(30(41)22-38(3)17-19-44-5)15-9-16-40-29(14-18-43-4)37-32-33(40)27-12-6-7-13-28(27)36-34(32)35/h6-8,10-13,20,24H,9,14-19,21-23H2,1-5H3,(H2,35,36). The second kappa shape index (κ2) is 16.9. The largest absolute Gasteiger partial charge is 0.482 e. The van der Waals surface area contributed by atoms with Crippen molar-refractivity contribution in [3.63, 3.8) is 0 Å². The summed E-state index contributed by atoms with van der Waals surface area (Å²) in [6.07, 6.45) is 1.07. The number of hydrogen-bond donors (Lipinski definition) is 1. The molecular weight excluding hydrogens is 588 g/mol. The van der Waals surface area contributed by atoms with Gasteiger partial charge in [-0.15, -0.1) is 0 Å². The summed E-state index contributed by atoms with van der Waals surface area (Å²) in [6.45, 7) is 6.84. The SMILES string of the molecule is COCCc1nc2c(N)nc3ccccc3c2n1CCCN(Cc1cccc(OCC(=O)OC(C)C)c1)C(=O)CN(C)CCOC. The third kappa shape index (κ3) is 9.38. The fraction of sp³-hybridized carbons (Fsp3) is 0.471. The smallest absolute Gasteiger partial charge is 0.344 e. The van der Waals surface area contributed by atoms with E-state index in [1.54, 1.807) is 34.1 Å². The highest BCUT2D eigenvalue weighted by Gasteiger charge is 2.20. The number of fused-ring (bicyclic) bond motifs is 3. The number of imidazole rings is 1. The van der Waals surface area contributed by atoms with E-state index in [0.29, 0.717) is 69.3 Å². The Morgan fingerprint density at radius 1 is 1.00 bits per heavy atom. The predicted octanol–water partition coefficient (Wildman–Crippen LogP) is 3.68. The lowest BCUT2D eigenvalue weighted by Crippen LogP contribution is -2.40. The van der Waals surface area contributed by atoms with E-state index in [1.165, 1.54) is 0 Å². The van der Waals surface area contributed by atoms with Crippen molar-refractivity contribution in [1.29, 1.82) is 0 Å². The minimum atomic E-state index is -0.432. The molecule has 0 fully saturated rings. The fourth-order valence-electron chi connectivity index (χ4n) is 5.29. The van der Waals surface area contributed by atoms with Gasteiger partial charge in [-0.25, -0.2) is 14.8 Å². The number of carbonyl (C=O) groups is 2. The number of aryl methyl sites for hydroxylation is 1. The Hall–Kier alpha value is -4.26. The zero-order valence-corrected chi connectivity index (χ0v) is 27.5. The number of likely N-dealkylation sites (N-methyl/N-ethyl adjacent to an activating group) is 1. The van der Waals surface area contributed by atoms with Crippen LogP contribution in [-0.4, -0.2) is 103 Å². The van der Waals surface area contributed by atoms with Crippen LogP contribution in [0.3, 0.4) is 0 Å². The third-order valence-electron chi connectivity index (χ3n) is 7.46. The van der Waals surface area contributed by atoms with Crippen LogP contribution in [0.4, 0.5) is 5.82 Å². The van der Waals surface area contributed by atoms with Crippen LogP contribution >= 0.6 is 0 Å². The van der Waals surface area contributed by atoms with Gasteiger partial charge in [0.05, 0.1) is 36.9 Å². The summed E-state index contributed by atoms with van der Waals surface area (Å²) in [5.41, 5.74) is 9.68. The Morgan fingerprint density at radius 3 is 2.54 bits per heavy atom. The van der Waals surface area contributed by atoms with Crippen molar-refractivity contribution in [2.75, 3.05) is 66.5 Å². The number of para-hydroxylation sites is 1. The second-order valence-corrected chi connectivity index (χ2v) is 11.5. The number of pyridine rings is 1. The van der Waals surface area contributed by atoms with E-state index >= 15 is 0 Å². The molecule has 4 aromatic rings. The van der Waals surface area contributed by atoms with E-state index < -0.39 is 5.97 Å². The molecule has 0 spiro atoms. The van der Waals surface area contributed by atoms with E-state index in [2.05, 4.69) is 9.55 Å². The third-order valence-corrected chi connectivity index (χ3v) is 7.46. The fourth-order valence-corrected chi connectivity index (χ4v) is 5.29. The van der Waals surface area contributed by atoms with Gasteiger partial charge < -0.3 is 34.1 Å². The van der Waals surface area contributed by atoms with Crippen molar-refractivity contribution >= 4 is 39.6 Å². The lowest BCUT2D eigenvalue weighted by atomic mass is 10.1. The number of esters is 1. The van der Waals surface area contributed by atoms with Gasteiger partial charge in [0.2, 0.25) is 5.91 Å². The number of nitrogens with two attached hydrogens (primary N) is 1. The number of anilines is 1. The number of benzene rings is 2. The summed E-state index contributed by atoms with van der Waals surface area (Å²) in [7, 11) is 5.22. The molecule has 0 aliphatic rings. The van der Waals surface area contributed by atoms with Crippen LogP contribution in [0.5, 0.6) is 5.75 Å². The first-order valence-electron chi connectivity index (χ1n) is 15.6. The first-order chi connectivity index (χ1) is 22.2. The normalized spacial score (nSPS) is 11.5. The number of amides is 1. The van der Waals surface area contributed by atoms with Gasteiger partial charge in [-0.3, -0.25) is 9.69 Å². The molecule has 2 N–H and O–H groups in total. The van der Waals surface area contributed by atoms with Crippen molar-refractivity contribution in [3.8, 4) is 5.75 Å². The molecule has 12 nitrogen and oxygen atoms in total. The summed E-state index contributed by atoms with van der Waals surface area (Å²) in [4.78, 5) is 38.9. The quantitative estimate of drug-likeness (QED) is 0.162. The molecule has 0 unspecified atom stereocenters. The molecule has 0 atom stereocenters. The summed E-state index contributed by atoms with van der Waals surface area (Å²) < 4.78 is 23.6. The van der Waals surface area contributed by atoms with E-state index in [0.717, 1.165) is 27.8 Å². The van der Waals surface area contributed by atoms with Gasteiger partial charge >= 0.3 is 5.97 Å². The molecule has 2 aromatic carbocycles. The molecule has 2 heterocycles. The highest BCUT2D eigenvalue weighted by atomic mass is 16.6. The maximum atomic E-state index is 13.6. The van der Waals surface area contributed by atoms with Gasteiger partial charge in [0.15, 0.2) is 12.4 Å². The predicted molar refractivity (Wildman–Crippen MR) is 178 cm³/mol. The Bertz CT molecular complexity index is 1610. The summed E-state index contributed by atoms with van der Waals surface area (Å²) in [5, 5.41) is 0.977. The van der Waals surface area contributed by atoms with Gasteiger partial charge in [0.25, 0.3) is 0 Å². The summed E-state index contributed by atoms with van der Waals surface area (Å²) in [5.74, 6) is 1.35. The maximum Gasteiger partial charge on any atom is 0.344 e. The van der Waals surface area contributed by atoms with Gasteiger partial charge in [0.1, 0.15) is 17.1 Å². The molecule has 12 heteroatoms. The topological polar surface area (TPSA) is 134 Å². The van der Waals surface area contributed by atoms with Crippen LogP contribution in [0.1, 0.15) is 31.7 Å². The van der Waals surface area contributed by atoms with Gasteiger partial charge in [-0.2, -0.15) is 0 Å². The minimum Gasteiger partial charge on any atom is -0.482 e. The Kier molecular flexibility index (Phi) is 12.7. The molecule has 2 aromatic heterocycles. The lowest BCUT2D eigenvalue weighted by Gasteiger charge is -2.26. The average Bonchev–Trinajstić information content (AvgIpc) is 3.40. The van der Waals surface area contributed by atoms with Crippen LogP contribution in [0.2, 0.25) is 0 Å². The number of aromatic nitrogens is 3. The summed E-state index contributed by atoms with van der Waals surface area (Å²) >= 11 is 0. The highest BCUT2D eigenvalue weighted by molar-refractivity contribution is 6.06. The average molecular weight is 635 g/mol. The number of carbonyl (C=O) groups excluding carboxylic acids is 2. The summed E-state index contributed by atoms with van der Waals surface area (Å²) in [6, 6.07) is 15.3. The van der Waals surface area contributed by atoms with Gasteiger partial charge in [-0.05, 0) is 51.1 Å². The van der Waals surface area contributed by atoms with E-state index in [-0.39, 0.29) is 25.2 Å². The van der Waals surface area contributed by atoms with Gasteiger partial charge in [-0.1, -0.05) is 30.3 Å². The van der Waals surface area contributed by atoms with E-state index in [1.807, 2.05) is 59.3 Å². The van der Waals surface area contributed by atoms with Crippen molar-refractivity contribution in [1.82, 2.24) is 24.3 Å². The Balaban J connectivity index is 1.55. The minimum absolute atomic E-state index is 0.000532. The molecular formula is C34H46N6O6. The van der Waals surface area contributed by atoms with Crippen LogP contribution in [0.15, 0.2) is 48.5 Å². The number of methoxy groups -OCH3 is 2. The molecule has 0 bridgehead atoms. The maximum absolute atomic E-state index is 13.6. The Morgan fingerprint density at radius 2 is 1.78 bits per heavy atom. The molecule has 0 saturated heterocycles. The molecule has 46 heavy (non-hydrogen) atoms. The van der Waals surface area contributed by atoms with Crippen LogP contribution < -0.4 is 10.5 Å². The van der Waals surface area contributed by atoms with Gasteiger partial charge in [0, 0.05) is 52.2 Å².